The fraction of sp³-hybridized carbons (Fsp3) is 0.250. The number of ether oxygens (including phenoxy) is 2. The van der Waals surface area contributed by atoms with Crippen LogP contribution in [0.15, 0.2) is 40.9 Å². The monoisotopic (exact) mass is 369 g/mol. The summed E-state index contributed by atoms with van der Waals surface area (Å²) in [5, 5.41) is 4.00. The number of halogens is 2. The van der Waals surface area contributed by atoms with E-state index >= 15 is 0 Å². The molecule has 0 saturated carbocycles. The lowest BCUT2D eigenvalue weighted by atomic mass is 9.97. The van der Waals surface area contributed by atoms with E-state index in [1.807, 2.05) is 43.4 Å². The predicted molar refractivity (Wildman–Crippen MR) is 89.6 cm³/mol. The van der Waals surface area contributed by atoms with E-state index in [4.69, 9.17) is 21.1 Å². The molecule has 2 aromatic carbocycles. The van der Waals surface area contributed by atoms with E-state index in [-0.39, 0.29) is 6.04 Å². The lowest BCUT2D eigenvalue weighted by Crippen LogP contribution is -2.19. The fourth-order valence-corrected chi connectivity index (χ4v) is 3.26. The van der Waals surface area contributed by atoms with E-state index in [1.54, 1.807) is 14.2 Å². The molecule has 0 aromatic heterocycles. The van der Waals surface area contributed by atoms with E-state index in [0.717, 1.165) is 27.1 Å². The van der Waals surface area contributed by atoms with Crippen molar-refractivity contribution < 1.29 is 9.47 Å². The van der Waals surface area contributed by atoms with Crippen LogP contribution in [0.2, 0.25) is 5.02 Å². The third kappa shape index (κ3) is 3.18. The molecule has 1 N–H and O–H groups in total. The van der Waals surface area contributed by atoms with Gasteiger partial charge in [-0.3, -0.25) is 0 Å². The van der Waals surface area contributed by atoms with E-state index < -0.39 is 0 Å². The summed E-state index contributed by atoms with van der Waals surface area (Å²) >= 11 is 9.85. The molecular formula is C16H17BrClNO2. The maximum Gasteiger partial charge on any atom is 0.141 e. The molecule has 0 aliphatic carbocycles. The van der Waals surface area contributed by atoms with Gasteiger partial charge >= 0.3 is 0 Å². The highest BCUT2D eigenvalue weighted by atomic mass is 79.9. The van der Waals surface area contributed by atoms with E-state index in [2.05, 4.69) is 21.2 Å². The highest BCUT2D eigenvalue weighted by molar-refractivity contribution is 9.10. The van der Waals surface area contributed by atoms with Crippen molar-refractivity contribution in [2.45, 2.75) is 6.04 Å². The van der Waals surface area contributed by atoms with Crippen LogP contribution in [0.4, 0.5) is 0 Å². The Morgan fingerprint density at radius 3 is 2.33 bits per heavy atom. The van der Waals surface area contributed by atoms with Crippen LogP contribution in [0.3, 0.4) is 0 Å². The first-order valence-corrected chi connectivity index (χ1v) is 7.63. The normalized spacial score (nSPS) is 12.0. The number of benzene rings is 2. The quantitative estimate of drug-likeness (QED) is 0.844. The molecule has 0 aliphatic heterocycles. The topological polar surface area (TPSA) is 30.5 Å². The van der Waals surface area contributed by atoms with Crippen LogP contribution >= 0.6 is 27.5 Å². The first kappa shape index (κ1) is 16.1. The van der Waals surface area contributed by atoms with Gasteiger partial charge in [-0.05, 0) is 46.7 Å². The summed E-state index contributed by atoms with van der Waals surface area (Å²) in [7, 11) is 5.16. The van der Waals surface area contributed by atoms with E-state index in [1.165, 1.54) is 0 Å². The van der Waals surface area contributed by atoms with Crippen LogP contribution in [-0.4, -0.2) is 21.3 Å². The zero-order valence-corrected chi connectivity index (χ0v) is 14.5. The molecule has 21 heavy (non-hydrogen) atoms. The molecule has 0 spiro atoms. The van der Waals surface area contributed by atoms with Crippen molar-refractivity contribution in [2.24, 2.45) is 0 Å². The fourth-order valence-electron chi connectivity index (χ4n) is 2.33. The third-order valence-electron chi connectivity index (χ3n) is 3.33. The smallest absolute Gasteiger partial charge is 0.141 e. The van der Waals surface area contributed by atoms with Crippen molar-refractivity contribution >= 4 is 27.5 Å². The average Bonchev–Trinajstić information content (AvgIpc) is 2.50. The number of rotatable bonds is 5. The van der Waals surface area contributed by atoms with Gasteiger partial charge in [-0.25, -0.2) is 0 Å². The Kier molecular flexibility index (Phi) is 5.51. The van der Waals surface area contributed by atoms with Crippen molar-refractivity contribution in [2.75, 3.05) is 21.3 Å². The van der Waals surface area contributed by atoms with Crippen molar-refractivity contribution in [1.82, 2.24) is 5.32 Å². The molecule has 5 heteroatoms. The molecule has 0 amide bonds. The summed E-state index contributed by atoms with van der Waals surface area (Å²) in [6, 6.07) is 11.6. The average molecular weight is 371 g/mol. The predicted octanol–water partition coefficient (Wildman–Crippen LogP) is 4.43. The highest BCUT2D eigenvalue weighted by Crippen LogP contribution is 2.42. The van der Waals surface area contributed by atoms with E-state index in [9.17, 15) is 0 Å². The summed E-state index contributed by atoms with van der Waals surface area (Å²) in [5.41, 5.74) is 1.98. The minimum Gasteiger partial charge on any atom is -0.495 e. The molecule has 0 fully saturated rings. The largest absolute Gasteiger partial charge is 0.495 e. The Hall–Kier alpha value is -1.23. The Labute approximate surface area is 138 Å². The van der Waals surface area contributed by atoms with Crippen LogP contribution in [-0.2, 0) is 0 Å². The Morgan fingerprint density at radius 1 is 1.05 bits per heavy atom. The Bertz CT molecular complexity index is 634. The zero-order valence-electron chi connectivity index (χ0n) is 12.1. The summed E-state index contributed by atoms with van der Waals surface area (Å²) in [4.78, 5) is 0. The van der Waals surface area contributed by atoms with Crippen molar-refractivity contribution in [1.29, 1.82) is 0 Å². The van der Waals surface area contributed by atoms with Gasteiger partial charge in [-0.1, -0.05) is 29.8 Å². The third-order valence-corrected chi connectivity index (χ3v) is 4.43. The van der Waals surface area contributed by atoms with Gasteiger partial charge in [0, 0.05) is 10.6 Å². The Morgan fingerprint density at radius 2 is 1.76 bits per heavy atom. The maximum absolute atomic E-state index is 6.32. The van der Waals surface area contributed by atoms with Gasteiger partial charge in [0.25, 0.3) is 0 Å². The lowest BCUT2D eigenvalue weighted by Gasteiger charge is -2.22. The second-order valence-corrected chi connectivity index (χ2v) is 5.65. The molecule has 2 aromatic rings. The molecule has 0 heterocycles. The molecule has 3 nitrogen and oxygen atoms in total. The molecule has 2 rings (SSSR count). The molecule has 1 atom stereocenters. The number of methoxy groups -OCH3 is 2. The Balaban J connectivity index is 2.58. The first-order valence-electron chi connectivity index (χ1n) is 6.46. The molecule has 0 radical (unpaired) electrons. The van der Waals surface area contributed by atoms with Gasteiger partial charge in [0.15, 0.2) is 0 Å². The van der Waals surface area contributed by atoms with Crippen LogP contribution in [0.1, 0.15) is 17.2 Å². The molecular weight excluding hydrogens is 354 g/mol. The number of nitrogens with one attached hydrogen (secondary N) is 1. The summed E-state index contributed by atoms with van der Waals surface area (Å²) in [5.74, 6) is 1.46. The minimum absolute atomic E-state index is 0.0733. The van der Waals surface area contributed by atoms with Gasteiger partial charge in [0.2, 0.25) is 0 Å². The number of hydrogen-bond acceptors (Lipinski definition) is 3. The van der Waals surface area contributed by atoms with Crippen LogP contribution in [0, 0.1) is 0 Å². The summed E-state index contributed by atoms with van der Waals surface area (Å²) in [6.07, 6.45) is 0. The zero-order chi connectivity index (χ0) is 15.4. The number of hydrogen-bond donors (Lipinski definition) is 1. The van der Waals surface area contributed by atoms with Crippen LogP contribution in [0.5, 0.6) is 11.5 Å². The van der Waals surface area contributed by atoms with Gasteiger partial charge in [0.05, 0.1) is 20.3 Å². The molecule has 0 bridgehead atoms. The van der Waals surface area contributed by atoms with Gasteiger partial charge in [0.1, 0.15) is 16.0 Å². The maximum atomic E-state index is 6.32. The standard InChI is InChI=1S/C16H17BrClNO2/c1-19-15(10-6-4-5-7-12(10)18)11-8-9-13(20-2)14(17)16(11)21-3/h4-9,15,19H,1-3H3. The second kappa shape index (κ2) is 7.16. The molecule has 1 unspecified atom stereocenters. The summed E-state index contributed by atoms with van der Waals surface area (Å²) < 4.78 is 11.7. The second-order valence-electron chi connectivity index (χ2n) is 4.45. The molecule has 0 saturated heterocycles. The van der Waals surface area contributed by atoms with Crippen molar-refractivity contribution in [3.63, 3.8) is 0 Å². The van der Waals surface area contributed by atoms with Gasteiger partial charge in [-0.2, -0.15) is 0 Å². The molecule has 0 aliphatic rings. The van der Waals surface area contributed by atoms with Gasteiger partial charge in [-0.15, -0.1) is 0 Å². The molecule has 112 valence electrons. The lowest BCUT2D eigenvalue weighted by molar-refractivity contribution is 0.383. The SMILES string of the molecule is CNC(c1ccccc1Cl)c1ccc(OC)c(Br)c1OC. The van der Waals surface area contributed by atoms with Crippen molar-refractivity contribution in [3.05, 3.63) is 57.0 Å². The van der Waals surface area contributed by atoms with E-state index in [0.29, 0.717) is 5.02 Å². The van der Waals surface area contributed by atoms with Crippen molar-refractivity contribution in [3.8, 4) is 11.5 Å². The summed E-state index contributed by atoms with van der Waals surface area (Å²) in [6.45, 7) is 0. The van der Waals surface area contributed by atoms with Crippen LogP contribution in [0.25, 0.3) is 0 Å². The first-order chi connectivity index (χ1) is 10.1. The highest BCUT2D eigenvalue weighted by Gasteiger charge is 2.22. The van der Waals surface area contributed by atoms with Crippen LogP contribution < -0.4 is 14.8 Å². The van der Waals surface area contributed by atoms with Gasteiger partial charge < -0.3 is 14.8 Å². The minimum atomic E-state index is -0.0733.